The number of hydrogen-bond donors (Lipinski definition) is 1. The Labute approximate surface area is 158 Å². The van der Waals surface area contributed by atoms with Gasteiger partial charge in [0.25, 0.3) is 0 Å². The van der Waals surface area contributed by atoms with Crippen LogP contribution in [0, 0.1) is 5.92 Å². The first-order chi connectivity index (χ1) is 11.7. The molecule has 0 saturated carbocycles. The molecule has 1 aromatic carbocycles. The first kappa shape index (κ1) is 21.8. The van der Waals surface area contributed by atoms with Gasteiger partial charge in [-0.3, -0.25) is 4.79 Å². The van der Waals surface area contributed by atoms with E-state index in [4.69, 9.17) is 10.5 Å². The molecule has 1 heterocycles. The van der Waals surface area contributed by atoms with E-state index in [9.17, 15) is 4.79 Å². The van der Waals surface area contributed by atoms with Crippen molar-refractivity contribution in [3.05, 3.63) is 29.8 Å². The molecule has 1 amide bonds. The third kappa shape index (κ3) is 7.66. The molecule has 2 N–H and O–H groups in total. The van der Waals surface area contributed by atoms with Crippen LogP contribution < -0.4 is 10.5 Å². The molecule has 5 heteroatoms. The summed E-state index contributed by atoms with van der Waals surface area (Å²) in [5.74, 6) is 1.93. The van der Waals surface area contributed by atoms with Crippen LogP contribution in [0.25, 0.3) is 0 Å². The zero-order chi connectivity index (χ0) is 17.2. The summed E-state index contributed by atoms with van der Waals surface area (Å²) in [6.07, 6.45) is 8.38. The Morgan fingerprint density at radius 3 is 2.36 bits per heavy atom. The van der Waals surface area contributed by atoms with E-state index in [1.165, 1.54) is 5.56 Å². The lowest BCUT2D eigenvalue weighted by Gasteiger charge is -2.32. The first-order valence-corrected chi connectivity index (χ1v) is 9.33. The highest BCUT2D eigenvalue weighted by molar-refractivity contribution is 5.85. The summed E-state index contributed by atoms with van der Waals surface area (Å²) in [6, 6.07) is 8.35. The average molecular weight is 369 g/mol. The van der Waals surface area contributed by atoms with Crippen LogP contribution in [0.15, 0.2) is 24.3 Å². The van der Waals surface area contributed by atoms with Crippen LogP contribution in [-0.2, 0) is 11.2 Å². The first-order valence-electron chi connectivity index (χ1n) is 9.33. The number of halogens is 1. The van der Waals surface area contributed by atoms with E-state index >= 15 is 0 Å². The van der Waals surface area contributed by atoms with E-state index in [2.05, 4.69) is 17.0 Å². The lowest BCUT2D eigenvalue weighted by molar-refractivity contribution is -0.132. The molecule has 0 atom stereocenters. The fourth-order valence-corrected chi connectivity index (χ4v) is 3.41. The van der Waals surface area contributed by atoms with E-state index in [1.807, 2.05) is 12.1 Å². The van der Waals surface area contributed by atoms with Gasteiger partial charge < -0.3 is 15.4 Å². The summed E-state index contributed by atoms with van der Waals surface area (Å²) in [6.45, 7) is 2.60. The molecule has 0 unspecified atom stereocenters. The zero-order valence-electron chi connectivity index (χ0n) is 15.4. The van der Waals surface area contributed by atoms with Gasteiger partial charge in [-0.1, -0.05) is 25.0 Å². The second-order valence-electron chi connectivity index (χ2n) is 6.83. The van der Waals surface area contributed by atoms with Crippen LogP contribution in [0.2, 0.25) is 0 Å². The van der Waals surface area contributed by atoms with Gasteiger partial charge in [0.15, 0.2) is 0 Å². The Hall–Kier alpha value is -1.26. The molecule has 0 radical (unpaired) electrons. The number of carbonyl (C=O) groups excluding carboxylic acids is 1. The molecule has 1 fully saturated rings. The third-order valence-corrected chi connectivity index (χ3v) is 5.00. The van der Waals surface area contributed by atoms with Gasteiger partial charge in [-0.25, -0.2) is 0 Å². The highest BCUT2D eigenvalue weighted by Crippen LogP contribution is 2.23. The maximum absolute atomic E-state index is 12.3. The highest BCUT2D eigenvalue weighted by atomic mass is 35.5. The molecule has 25 heavy (non-hydrogen) atoms. The van der Waals surface area contributed by atoms with Crippen LogP contribution in [0.4, 0.5) is 0 Å². The molecule has 0 bridgehead atoms. The van der Waals surface area contributed by atoms with Gasteiger partial charge in [-0.2, -0.15) is 0 Å². The number of carbonyl (C=O) groups is 1. The molecular weight excluding hydrogens is 336 g/mol. The summed E-state index contributed by atoms with van der Waals surface area (Å²) in [4.78, 5) is 14.3. The fourth-order valence-electron chi connectivity index (χ4n) is 3.41. The molecule has 1 aliphatic heterocycles. The number of benzene rings is 1. The minimum absolute atomic E-state index is 0. The van der Waals surface area contributed by atoms with Crippen molar-refractivity contribution < 1.29 is 9.53 Å². The van der Waals surface area contributed by atoms with Crippen molar-refractivity contribution in [2.24, 2.45) is 11.7 Å². The predicted molar refractivity (Wildman–Crippen MR) is 105 cm³/mol. The van der Waals surface area contributed by atoms with Crippen LogP contribution >= 0.6 is 12.4 Å². The van der Waals surface area contributed by atoms with E-state index < -0.39 is 0 Å². The number of rotatable bonds is 9. The van der Waals surface area contributed by atoms with Gasteiger partial charge in [-0.05, 0) is 62.3 Å². The van der Waals surface area contributed by atoms with Gasteiger partial charge in [0.1, 0.15) is 5.75 Å². The van der Waals surface area contributed by atoms with Crippen LogP contribution in [0.5, 0.6) is 5.75 Å². The van der Waals surface area contributed by atoms with Gasteiger partial charge in [0.2, 0.25) is 5.91 Å². The van der Waals surface area contributed by atoms with Crippen LogP contribution in [-0.4, -0.2) is 37.6 Å². The van der Waals surface area contributed by atoms with Crippen molar-refractivity contribution in [3.63, 3.8) is 0 Å². The monoisotopic (exact) mass is 368 g/mol. The quantitative estimate of drug-likeness (QED) is 0.674. The summed E-state index contributed by atoms with van der Waals surface area (Å²) in [7, 11) is 1.69. The maximum atomic E-state index is 12.3. The predicted octanol–water partition coefficient (Wildman–Crippen LogP) is 3.81. The molecular formula is C20H33ClN2O2. The number of nitrogens with zero attached hydrogens (tertiary/aromatic N) is 1. The molecule has 4 nitrogen and oxygen atoms in total. The summed E-state index contributed by atoms with van der Waals surface area (Å²) in [5.41, 5.74) is 6.85. The Kier molecular flexibility index (Phi) is 10.6. The van der Waals surface area contributed by atoms with Gasteiger partial charge >= 0.3 is 0 Å². The molecule has 0 aromatic heterocycles. The second kappa shape index (κ2) is 12.2. The van der Waals surface area contributed by atoms with Crippen molar-refractivity contribution in [2.45, 2.75) is 51.4 Å². The van der Waals surface area contributed by atoms with E-state index in [-0.39, 0.29) is 12.4 Å². The second-order valence-corrected chi connectivity index (χ2v) is 6.83. The van der Waals surface area contributed by atoms with Crippen molar-refractivity contribution in [1.29, 1.82) is 0 Å². The number of nitrogens with two attached hydrogens (primary N) is 1. The minimum Gasteiger partial charge on any atom is -0.497 e. The Balaban J connectivity index is 0.00000312. The number of amides is 1. The number of methoxy groups -OCH3 is 1. The summed E-state index contributed by atoms with van der Waals surface area (Å²) < 4.78 is 5.20. The topological polar surface area (TPSA) is 55.6 Å². The van der Waals surface area contributed by atoms with Crippen LogP contribution in [0.1, 0.15) is 50.5 Å². The molecule has 1 saturated heterocycles. The van der Waals surface area contributed by atoms with E-state index in [0.29, 0.717) is 18.2 Å². The van der Waals surface area contributed by atoms with E-state index in [1.54, 1.807) is 7.11 Å². The normalized spacial score (nSPS) is 14.9. The van der Waals surface area contributed by atoms with Gasteiger partial charge in [0, 0.05) is 19.5 Å². The summed E-state index contributed by atoms with van der Waals surface area (Å²) >= 11 is 0. The standard InChI is InChI=1S/C20H32N2O2.ClH/c1-24-19-9-7-17(8-10-19)16-18-11-14-22(15-12-18)20(23)6-4-2-3-5-13-21;/h7-10,18H,2-6,11-16,21H2,1H3;1H. The molecule has 1 aromatic rings. The highest BCUT2D eigenvalue weighted by Gasteiger charge is 2.22. The largest absolute Gasteiger partial charge is 0.497 e. The molecule has 0 aliphatic carbocycles. The molecule has 0 spiro atoms. The zero-order valence-corrected chi connectivity index (χ0v) is 16.2. The maximum Gasteiger partial charge on any atom is 0.222 e. The molecule has 1 aliphatic rings. The minimum atomic E-state index is 0. The number of piperidine rings is 1. The smallest absolute Gasteiger partial charge is 0.222 e. The number of ether oxygens (including phenoxy) is 1. The Morgan fingerprint density at radius 1 is 1.12 bits per heavy atom. The molecule has 142 valence electrons. The fraction of sp³-hybridized carbons (Fsp3) is 0.650. The van der Waals surface area contributed by atoms with Crippen molar-refractivity contribution >= 4 is 18.3 Å². The number of likely N-dealkylation sites (tertiary alicyclic amines) is 1. The molecule has 2 rings (SSSR count). The summed E-state index contributed by atoms with van der Waals surface area (Å²) in [5, 5.41) is 0. The lowest BCUT2D eigenvalue weighted by atomic mass is 9.90. The number of unbranched alkanes of at least 4 members (excludes halogenated alkanes) is 3. The third-order valence-electron chi connectivity index (χ3n) is 5.00. The van der Waals surface area contributed by atoms with Crippen molar-refractivity contribution in [2.75, 3.05) is 26.7 Å². The van der Waals surface area contributed by atoms with Crippen molar-refractivity contribution in [3.8, 4) is 5.75 Å². The average Bonchev–Trinajstić information content (AvgIpc) is 2.62. The van der Waals surface area contributed by atoms with Gasteiger partial charge in [0.05, 0.1) is 7.11 Å². The van der Waals surface area contributed by atoms with Crippen molar-refractivity contribution in [1.82, 2.24) is 4.90 Å². The lowest BCUT2D eigenvalue weighted by Crippen LogP contribution is -2.38. The van der Waals surface area contributed by atoms with Gasteiger partial charge in [-0.15, -0.1) is 12.4 Å². The van der Waals surface area contributed by atoms with Crippen LogP contribution in [0.3, 0.4) is 0 Å². The Bertz CT molecular complexity index is 485. The Morgan fingerprint density at radius 2 is 1.76 bits per heavy atom. The van der Waals surface area contributed by atoms with E-state index in [0.717, 1.165) is 70.3 Å². The number of hydrogen-bond acceptors (Lipinski definition) is 3. The SMILES string of the molecule is COc1ccc(CC2CCN(C(=O)CCCCCCN)CC2)cc1.Cl.